The van der Waals surface area contributed by atoms with Gasteiger partial charge in [0.2, 0.25) is 5.91 Å². The van der Waals surface area contributed by atoms with E-state index in [0.717, 1.165) is 27.1 Å². The van der Waals surface area contributed by atoms with E-state index in [2.05, 4.69) is 34.3 Å². The second-order valence-corrected chi connectivity index (χ2v) is 8.06. The van der Waals surface area contributed by atoms with E-state index in [0.29, 0.717) is 0 Å². The van der Waals surface area contributed by atoms with Gasteiger partial charge in [0, 0.05) is 35.1 Å². The molecule has 0 aliphatic heterocycles. The summed E-state index contributed by atoms with van der Waals surface area (Å²) in [5.74, 6) is 0.207. The van der Waals surface area contributed by atoms with Crippen molar-refractivity contribution < 1.29 is 4.79 Å². The quantitative estimate of drug-likeness (QED) is 0.497. The number of thioether (sulfide) groups is 1. The first-order chi connectivity index (χ1) is 13.1. The largest absolute Gasteiger partial charge is 0.325 e. The standard InChI is InChI=1S/C18H18N6OS2/c1-12(2)24-11-19-22-18(24)27-10-16(25)20-14-5-3-13(4-6-14)15-9-23-7-8-26-17(23)21-15/h3-9,11-12H,10H2,1-2H3,(H,20,25). The molecule has 0 unspecified atom stereocenters. The number of hydrogen-bond donors (Lipinski definition) is 1. The monoisotopic (exact) mass is 398 g/mol. The molecule has 3 aromatic heterocycles. The Kier molecular flexibility index (Phi) is 4.95. The fourth-order valence-corrected chi connectivity index (χ4v) is 4.15. The average Bonchev–Trinajstić information content (AvgIpc) is 3.36. The molecule has 0 bridgehead atoms. The van der Waals surface area contributed by atoms with Crippen LogP contribution in [0.5, 0.6) is 0 Å². The molecule has 9 heteroatoms. The molecular formula is C18H18N6OS2. The second kappa shape index (κ2) is 7.53. The zero-order valence-electron chi connectivity index (χ0n) is 14.9. The molecule has 4 aromatic rings. The van der Waals surface area contributed by atoms with Crippen LogP contribution >= 0.6 is 23.1 Å². The predicted molar refractivity (Wildman–Crippen MR) is 108 cm³/mol. The molecule has 0 spiro atoms. The second-order valence-electron chi connectivity index (χ2n) is 6.25. The van der Waals surface area contributed by atoms with E-state index >= 15 is 0 Å². The maximum Gasteiger partial charge on any atom is 0.234 e. The number of anilines is 1. The lowest BCUT2D eigenvalue weighted by molar-refractivity contribution is -0.113. The number of rotatable bonds is 6. The molecular weight excluding hydrogens is 380 g/mol. The van der Waals surface area contributed by atoms with Gasteiger partial charge >= 0.3 is 0 Å². The summed E-state index contributed by atoms with van der Waals surface area (Å²) in [5.41, 5.74) is 2.70. The molecule has 0 fully saturated rings. The summed E-state index contributed by atoms with van der Waals surface area (Å²) in [6.45, 7) is 4.11. The zero-order valence-corrected chi connectivity index (χ0v) is 16.5. The number of aromatic nitrogens is 5. The summed E-state index contributed by atoms with van der Waals surface area (Å²) in [7, 11) is 0. The number of carbonyl (C=O) groups is 1. The van der Waals surface area contributed by atoms with Crippen LogP contribution in [0.4, 0.5) is 5.69 Å². The molecule has 1 amide bonds. The van der Waals surface area contributed by atoms with Gasteiger partial charge in [0.15, 0.2) is 10.1 Å². The number of nitrogens with one attached hydrogen (secondary N) is 1. The number of amides is 1. The minimum absolute atomic E-state index is 0.0754. The van der Waals surface area contributed by atoms with E-state index in [1.807, 2.05) is 51.0 Å². The van der Waals surface area contributed by atoms with Crippen molar-refractivity contribution in [3.8, 4) is 11.3 Å². The number of nitrogens with zero attached hydrogens (tertiary/aromatic N) is 5. The van der Waals surface area contributed by atoms with Crippen molar-refractivity contribution in [1.29, 1.82) is 0 Å². The summed E-state index contributed by atoms with van der Waals surface area (Å²) >= 11 is 2.98. The maximum atomic E-state index is 12.2. The fraction of sp³-hybridized carbons (Fsp3) is 0.222. The minimum Gasteiger partial charge on any atom is -0.325 e. The lowest BCUT2D eigenvalue weighted by Crippen LogP contribution is -2.14. The fourth-order valence-electron chi connectivity index (χ4n) is 2.61. The Labute approximate surface area is 164 Å². The first kappa shape index (κ1) is 17.7. The van der Waals surface area contributed by atoms with Crippen molar-refractivity contribution in [2.45, 2.75) is 25.0 Å². The molecule has 7 nitrogen and oxygen atoms in total. The number of fused-ring (bicyclic) bond motifs is 1. The molecule has 1 N–H and O–H groups in total. The summed E-state index contributed by atoms with van der Waals surface area (Å²) in [5, 5.41) is 13.6. The van der Waals surface area contributed by atoms with Gasteiger partial charge in [-0.2, -0.15) is 0 Å². The van der Waals surface area contributed by atoms with Crippen LogP contribution in [0.3, 0.4) is 0 Å². The van der Waals surface area contributed by atoms with Gasteiger partial charge in [0.25, 0.3) is 0 Å². The van der Waals surface area contributed by atoms with E-state index < -0.39 is 0 Å². The van der Waals surface area contributed by atoms with E-state index in [9.17, 15) is 4.79 Å². The van der Waals surface area contributed by atoms with E-state index in [-0.39, 0.29) is 17.7 Å². The van der Waals surface area contributed by atoms with Crippen LogP contribution in [0.1, 0.15) is 19.9 Å². The van der Waals surface area contributed by atoms with Crippen molar-refractivity contribution in [2.24, 2.45) is 0 Å². The number of carbonyl (C=O) groups excluding carboxylic acids is 1. The van der Waals surface area contributed by atoms with Crippen molar-refractivity contribution in [1.82, 2.24) is 24.1 Å². The molecule has 0 saturated heterocycles. The van der Waals surface area contributed by atoms with Crippen molar-refractivity contribution >= 4 is 39.7 Å². The molecule has 27 heavy (non-hydrogen) atoms. The van der Waals surface area contributed by atoms with Gasteiger partial charge in [-0.25, -0.2) is 4.98 Å². The third-order valence-electron chi connectivity index (χ3n) is 3.99. The molecule has 4 rings (SSSR count). The lowest BCUT2D eigenvalue weighted by atomic mass is 10.1. The van der Waals surface area contributed by atoms with E-state index in [1.54, 1.807) is 17.7 Å². The Morgan fingerprint density at radius 2 is 2.11 bits per heavy atom. The van der Waals surface area contributed by atoms with Crippen LogP contribution in [0.2, 0.25) is 0 Å². The van der Waals surface area contributed by atoms with Gasteiger partial charge in [-0.05, 0) is 26.0 Å². The van der Waals surface area contributed by atoms with Gasteiger partial charge < -0.3 is 9.88 Å². The van der Waals surface area contributed by atoms with Crippen LogP contribution in [-0.4, -0.2) is 35.8 Å². The third kappa shape index (κ3) is 3.88. The number of imidazole rings is 1. The van der Waals surface area contributed by atoms with Gasteiger partial charge in [0.1, 0.15) is 6.33 Å². The Hall–Kier alpha value is -2.65. The minimum atomic E-state index is -0.0754. The highest BCUT2D eigenvalue weighted by atomic mass is 32.2. The Bertz CT molecular complexity index is 1030. The molecule has 0 aliphatic rings. The molecule has 1 aromatic carbocycles. The molecule has 0 atom stereocenters. The number of hydrogen-bond acceptors (Lipinski definition) is 6. The summed E-state index contributed by atoms with van der Waals surface area (Å²) in [4.78, 5) is 17.8. The molecule has 138 valence electrons. The first-order valence-electron chi connectivity index (χ1n) is 8.45. The van der Waals surface area contributed by atoms with Crippen LogP contribution in [0.15, 0.2) is 53.5 Å². The van der Waals surface area contributed by atoms with Gasteiger partial charge in [0.05, 0.1) is 11.4 Å². The Morgan fingerprint density at radius 1 is 1.30 bits per heavy atom. The Morgan fingerprint density at radius 3 is 2.85 bits per heavy atom. The SMILES string of the molecule is CC(C)n1cnnc1SCC(=O)Nc1ccc(-c2cn3ccsc3n2)cc1. The summed E-state index contributed by atoms with van der Waals surface area (Å²) in [6, 6.07) is 7.97. The third-order valence-corrected chi connectivity index (χ3v) is 5.71. The van der Waals surface area contributed by atoms with E-state index in [4.69, 9.17) is 0 Å². The maximum absolute atomic E-state index is 12.2. The van der Waals surface area contributed by atoms with Gasteiger partial charge in [-0.1, -0.05) is 23.9 Å². The normalized spacial score (nSPS) is 11.4. The predicted octanol–water partition coefficient (Wildman–Crippen LogP) is 3.97. The van der Waals surface area contributed by atoms with Crippen molar-refractivity contribution in [2.75, 3.05) is 11.1 Å². The van der Waals surface area contributed by atoms with Crippen molar-refractivity contribution in [3.63, 3.8) is 0 Å². The molecule has 3 heterocycles. The zero-order chi connectivity index (χ0) is 18.8. The highest BCUT2D eigenvalue weighted by Gasteiger charge is 2.11. The van der Waals surface area contributed by atoms with Gasteiger partial charge in [-0.15, -0.1) is 21.5 Å². The van der Waals surface area contributed by atoms with Gasteiger partial charge in [-0.3, -0.25) is 9.20 Å². The van der Waals surface area contributed by atoms with Crippen LogP contribution in [0.25, 0.3) is 16.2 Å². The highest BCUT2D eigenvalue weighted by Crippen LogP contribution is 2.23. The van der Waals surface area contributed by atoms with Crippen LogP contribution in [-0.2, 0) is 4.79 Å². The summed E-state index contributed by atoms with van der Waals surface area (Å²) < 4.78 is 3.95. The van der Waals surface area contributed by atoms with Crippen LogP contribution in [0, 0.1) is 0 Å². The number of benzene rings is 1. The Balaban J connectivity index is 1.37. The highest BCUT2D eigenvalue weighted by molar-refractivity contribution is 7.99. The smallest absolute Gasteiger partial charge is 0.234 e. The van der Waals surface area contributed by atoms with Crippen molar-refractivity contribution in [3.05, 3.63) is 48.4 Å². The lowest BCUT2D eigenvalue weighted by Gasteiger charge is -2.09. The summed E-state index contributed by atoms with van der Waals surface area (Å²) in [6.07, 6.45) is 5.67. The van der Waals surface area contributed by atoms with Crippen LogP contribution < -0.4 is 5.32 Å². The molecule has 0 radical (unpaired) electrons. The average molecular weight is 399 g/mol. The van der Waals surface area contributed by atoms with E-state index in [1.165, 1.54) is 11.8 Å². The first-order valence-corrected chi connectivity index (χ1v) is 10.3. The molecule has 0 saturated carbocycles. The number of thiazole rings is 1. The topological polar surface area (TPSA) is 77.1 Å². The molecule has 0 aliphatic carbocycles.